The summed E-state index contributed by atoms with van der Waals surface area (Å²) >= 11 is 0. The SMILES string of the molecule is COc1ccc2c(c1)C=C(c1c(C(=O)N(CCN(C(C)C)C(C)C)C(C)C)cnn1C)Cn1c-2c(C2CCCCC2)c2ccc(C(=O)NS(=O)(=O)C(C)C)cc21. The van der Waals surface area contributed by atoms with Crippen molar-refractivity contribution in [2.24, 2.45) is 7.05 Å². The Balaban J connectivity index is 1.54. The first-order chi connectivity index (χ1) is 26.5. The van der Waals surface area contributed by atoms with Gasteiger partial charge in [-0.3, -0.25) is 19.2 Å². The zero-order chi connectivity index (χ0) is 40.6. The molecule has 0 bridgehead atoms. The average Bonchev–Trinajstić information content (AvgIpc) is 3.63. The van der Waals surface area contributed by atoms with E-state index in [1.54, 1.807) is 37.9 Å². The van der Waals surface area contributed by atoms with Crippen LogP contribution in [0.3, 0.4) is 0 Å². The van der Waals surface area contributed by atoms with Crippen molar-refractivity contribution < 1.29 is 22.7 Å². The second-order valence-electron chi connectivity index (χ2n) is 16.6. The summed E-state index contributed by atoms with van der Waals surface area (Å²) in [5, 5.41) is 4.97. The van der Waals surface area contributed by atoms with Gasteiger partial charge in [0.25, 0.3) is 11.8 Å². The number of hydrogen-bond acceptors (Lipinski definition) is 7. The second kappa shape index (κ2) is 16.6. The summed E-state index contributed by atoms with van der Waals surface area (Å²) in [4.78, 5) is 32.6. The minimum Gasteiger partial charge on any atom is -0.497 e. The van der Waals surface area contributed by atoms with Crippen molar-refractivity contribution in [3.05, 3.63) is 70.5 Å². The monoisotopic (exact) mass is 784 g/mol. The van der Waals surface area contributed by atoms with E-state index in [4.69, 9.17) is 4.74 Å². The number of carbonyl (C=O) groups excluding carboxylic acids is 2. The highest BCUT2D eigenvalue weighted by Gasteiger charge is 2.33. The molecule has 2 amide bonds. The van der Waals surface area contributed by atoms with Crippen molar-refractivity contribution in [2.75, 3.05) is 20.2 Å². The molecule has 1 saturated carbocycles. The third kappa shape index (κ3) is 8.05. The molecule has 1 aliphatic heterocycles. The van der Waals surface area contributed by atoms with E-state index in [1.165, 1.54) is 12.0 Å². The molecule has 302 valence electrons. The fraction of sp³-hybridized carbons (Fsp3) is 0.523. The van der Waals surface area contributed by atoms with Gasteiger partial charge >= 0.3 is 0 Å². The molecular formula is C44H60N6O5S. The van der Waals surface area contributed by atoms with E-state index in [-0.39, 0.29) is 17.5 Å². The summed E-state index contributed by atoms with van der Waals surface area (Å²) in [5.41, 5.74) is 7.57. The van der Waals surface area contributed by atoms with Gasteiger partial charge in [-0.25, -0.2) is 13.1 Å². The van der Waals surface area contributed by atoms with Crippen LogP contribution in [0.15, 0.2) is 42.6 Å². The van der Waals surface area contributed by atoms with E-state index in [9.17, 15) is 18.0 Å². The summed E-state index contributed by atoms with van der Waals surface area (Å²) in [7, 11) is -0.301. The van der Waals surface area contributed by atoms with Crippen molar-refractivity contribution in [2.45, 2.75) is 123 Å². The van der Waals surface area contributed by atoms with Gasteiger partial charge in [0, 0.05) is 60.3 Å². The summed E-state index contributed by atoms with van der Waals surface area (Å²) in [6.07, 6.45) is 9.45. The van der Waals surface area contributed by atoms with Crippen LogP contribution in [0, 0.1) is 0 Å². The Morgan fingerprint density at radius 3 is 2.23 bits per heavy atom. The lowest BCUT2D eigenvalue weighted by atomic mass is 9.81. The Morgan fingerprint density at radius 2 is 1.61 bits per heavy atom. The van der Waals surface area contributed by atoms with E-state index in [1.807, 2.05) is 36.2 Å². The van der Waals surface area contributed by atoms with Crippen LogP contribution in [0.25, 0.3) is 33.8 Å². The number of methoxy groups -OCH3 is 1. The maximum absolute atomic E-state index is 14.7. The molecule has 4 aromatic rings. The number of carbonyl (C=O) groups is 2. The molecule has 0 unspecified atom stereocenters. The molecule has 56 heavy (non-hydrogen) atoms. The predicted molar refractivity (Wildman–Crippen MR) is 226 cm³/mol. The van der Waals surface area contributed by atoms with Crippen LogP contribution in [0.4, 0.5) is 0 Å². The molecule has 2 aromatic carbocycles. The Morgan fingerprint density at radius 1 is 0.911 bits per heavy atom. The van der Waals surface area contributed by atoms with E-state index < -0.39 is 21.2 Å². The predicted octanol–water partition coefficient (Wildman–Crippen LogP) is 8.09. The van der Waals surface area contributed by atoms with Crippen LogP contribution in [0.5, 0.6) is 5.75 Å². The van der Waals surface area contributed by atoms with E-state index >= 15 is 0 Å². The number of aryl methyl sites for hydroxylation is 1. The topological polar surface area (TPSA) is 119 Å². The number of amides is 2. The first-order valence-electron chi connectivity index (χ1n) is 20.2. The maximum Gasteiger partial charge on any atom is 0.264 e. The molecule has 3 heterocycles. The fourth-order valence-corrected chi connectivity index (χ4v) is 9.30. The van der Waals surface area contributed by atoms with Crippen LogP contribution in [0.1, 0.15) is 131 Å². The molecule has 0 atom stereocenters. The molecule has 11 nitrogen and oxygen atoms in total. The van der Waals surface area contributed by atoms with Crippen LogP contribution in [-0.2, 0) is 23.6 Å². The standard InChI is InChI=1S/C44H60N6O5S/c1-27(2)48(28(3)4)20-21-49(29(5)6)44(52)38-25-45-47(9)41(38)34-22-33-23-35(55-10)17-19-36(33)42-40(31-14-12-11-13-15-31)37-18-16-32(24-39(37)50(42)26-34)43(51)46-56(53,54)30(7)8/h16-19,22-25,27-31H,11-15,20-21,26H2,1-10H3,(H,46,51). The lowest BCUT2D eigenvalue weighted by Crippen LogP contribution is -2.46. The normalized spacial score (nSPS) is 15.1. The molecule has 0 spiro atoms. The van der Waals surface area contributed by atoms with Gasteiger partial charge in [-0.1, -0.05) is 25.3 Å². The van der Waals surface area contributed by atoms with Gasteiger partial charge in [0.15, 0.2) is 0 Å². The van der Waals surface area contributed by atoms with Crippen LogP contribution in [-0.4, -0.2) is 88.0 Å². The molecule has 1 fully saturated rings. The van der Waals surface area contributed by atoms with Gasteiger partial charge in [-0.2, -0.15) is 5.10 Å². The Bertz CT molecular complexity index is 2230. The zero-order valence-electron chi connectivity index (χ0n) is 34.8. The molecule has 12 heteroatoms. The Kier molecular flexibility index (Phi) is 12.2. The summed E-state index contributed by atoms with van der Waals surface area (Å²) in [5.74, 6) is 0.300. The summed E-state index contributed by atoms with van der Waals surface area (Å²) < 4.78 is 37.6. The number of nitrogens with zero attached hydrogens (tertiary/aromatic N) is 5. The van der Waals surface area contributed by atoms with Gasteiger partial charge in [0.1, 0.15) is 5.75 Å². The zero-order valence-corrected chi connectivity index (χ0v) is 35.7. The molecule has 1 N–H and O–H groups in total. The van der Waals surface area contributed by atoms with E-state index in [2.05, 4.69) is 73.0 Å². The molecule has 0 radical (unpaired) electrons. The van der Waals surface area contributed by atoms with Crippen LogP contribution < -0.4 is 9.46 Å². The van der Waals surface area contributed by atoms with Crippen molar-refractivity contribution >= 4 is 44.4 Å². The minimum absolute atomic E-state index is 0.0352. The van der Waals surface area contributed by atoms with Crippen LogP contribution >= 0.6 is 0 Å². The van der Waals surface area contributed by atoms with Crippen molar-refractivity contribution in [3.8, 4) is 17.0 Å². The summed E-state index contributed by atoms with van der Waals surface area (Å²) in [6.45, 7) is 17.7. The van der Waals surface area contributed by atoms with E-state index in [0.29, 0.717) is 36.7 Å². The lowest BCUT2D eigenvalue weighted by molar-refractivity contribution is 0.0649. The highest BCUT2D eigenvalue weighted by atomic mass is 32.2. The second-order valence-corrected chi connectivity index (χ2v) is 18.8. The van der Waals surface area contributed by atoms with Gasteiger partial charge < -0.3 is 14.2 Å². The quantitative estimate of drug-likeness (QED) is 0.146. The Labute approximate surface area is 333 Å². The molecule has 2 aromatic heterocycles. The number of hydrogen-bond donors (Lipinski definition) is 1. The summed E-state index contributed by atoms with van der Waals surface area (Å²) in [6, 6.07) is 12.3. The van der Waals surface area contributed by atoms with Crippen LogP contribution in [0.2, 0.25) is 0 Å². The average molecular weight is 785 g/mol. The minimum atomic E-state index is -3.84. The molecule has 2 aliphatic rings. The van der Waals surface area contributed by atoms with Gasteiger partial charge in [0.2, 0.25) is 10.0 Å². The number of rotatable bonds is 13. The Hall–Kier alpha value is -4.42. The maximum atomic E-state index is 14.7. The molecule has 0 saturated heterocycles. The first-order valence-corrected chi connectivity index (χ1v) is 21.8. The lowest BCUT2D eigenvalue weighted by Gasteiger charge is -2.34. The number of ether oxygens (including phenoxy) is 1. The number of benzene rings is 2. The number of nitrogens with one attached hydrogen (secondary N) is 1. The molecule has 6 rings (SSSR count). The highest BCUT2D eigenvalue weighted by Crippen LogP contribution is 2.48. The largest absolute Gasteiger partial charge is 0.497 e. The van der Waals surface area contributed by atoms with Crippen molar-refractivity contribution in [1.82, 2.24) is 28.9 Å². The number of aromatic nitrogens is 3. The molecule has 1 aliphatic carbocycles. The van der Waals surface area contributed by atoms with E-state index in [0.717, 1.165) is 77.0 Å². The fourth-order valence-electron chi connectivity index (χ4n) is 8.69. The van der Waals surface area contributed by atoms with Gasteiger partial charge in [-0.15, -0.1) is 0 Å². The van der Waals surface area contributed by atoms with Crippen molar-refractivity contribution in [3.63, 3.8) is 0 Å². The number of fused-ring (bicyclic) bond motifs is 5. The third-order valence-electron chi connectivity index (χ3n) is 11.7. The van der Waals surface area contributed by atoms with Crippen molar-refractivity contribution in [1.29, 1.82) is 0 Å². The third-order valence-corrected chi connectivity index (χ3v) is 13.4. The number of sulfonamides is 1. The molecular weight excluding hydrogens is 725 g/mol. The first kappa shape index (κ1) is 41.2. The highest BCUT2D eigenvalue weighted by molar-refractivity contribution is 7.90. The smallest absolute Gasteiger partial charge is 0.264 e. The van der Waals surface area contributed by atoms with Gasteiger partial charge in [-0.05, 0) is 127 Å². The van der Waals surface area contributed by atoms with Gasteiger partial charge in [0.05, 0.1) is 42.1 Å². The number of allylic oxidation sites excluding steroid dienone is 1.